The van der Waals surface area contributed by atoms with Gasteiger partial charge in [-0.1, -0.05) is 11.8 Å². The molecule has 0 radical (unpaired) electrons. The van der Waals surface area contributed by atoms with Gasteiger partial charge in [0.1, 0.15) is 5.76 Å². The monoisotopic (exact) mass is 323 g/mol. The first-order valence-corrected chi connectivity index (χ1v) is 8.10. The maximum atomic E-state index is 11.8. The molecule has 0 saturated carbocycles. The van der Waals surface area contributed by atoms with Crippen LogP contribution < -0.4 is 5.32 Å². The molecule has 0 aliphatic carbocycles. The highest BCUT2D eigenvalue weighted by atomic mass is 32.2. The number of rotatable bonds is 6. The number of carbonyl (C=O) groups is 1. The summed E-state index contributed by atoms with van der Waals surface area (Å²) in [6, 6.07) is 1.77. The second kappa shape index (κ2) is 6.97. The van der Waals surface area contributed by atoms with Crippen molar-refractivity contribution in [3.63, 3.8) is 0 Å². The average molecular weight is 323 g/mol. The Morgan fingerprint density at radius 1 is 1.50 bits per heavy atom. The number of nitrogens with zero attached hydrogens (tertiary/aromatic N) is 2. The Morgan fingerprint density at radius 3 is 3.14 bits per heavy atom. The van der Waals surface area contributed by atoms with E-state index in [1.165, 1.54) is 11.8 Å². The van der Waals surface area contributed by atoms with Crippen LogP contribution in [0.15, 0.2) is 26.4 Å². The van der Waals surface area contributed by atoms with E-state index in [9.17, 15) is 4.79 Å². The molecule has 1 atom stereocenters. The SMILES string of the molecule is Cc1occc1-c1nnc(SCC(=O)NC[C@@H]2CCCO2)o1. The summed E-state index contributed by atoms with van der Waals surface area (Å²) in [5.74, 6) is 1.28. The van der Waals surface area contributed by atoms with Gasteiger partial charge in [-0.3, -0.25) is 4.79 Å². The van der Waals surface area contributed by atoms with Crippen LogP contribution in [0.2, 0.25) is 0 Å². The van der Waals surface area contributed by atoms with Gasteiger partial charge in [-0.05, 0) is 25.8 Å². The Balaban J connectivity index is 1.46. The fourth-order valence-electron chi connectivity index (χ4n) is 2.20. The molecule has 22 heavy (non-hydrogen) atoms. The van der Waals surface area contributed by atoms with Crippen LogP contribution in [0.5, 0.6) is 0 Å². The Bertz CT molecular complexity index is 634. The zero-order valence-electron chi connectivity index (χ0n) is 12.2. The molecule has 8 heteroatoms. The topological polar surface area (TPSA) is 90.4 Å². The maximum Gasteiger partial charge on any atom is 0.277 e. The first kappa shape index (κ1) is 15.1. The van der Waals surface area contributed by atoms with Crippen LogP contribution in [-0.4, -0.2) is 41.1 Å². The summed E-state index contributed by atoms with van der Waals surface area (Å²) >= 11 is 1.21. The molecule has 1 aliphatic rings. The van der Waals surface area contributed by atoms with Crippen LogP contribution in [-0.2, 0) is 9.53 Å². The van der Waals surface area contributed by atoms with Gasteiger partial charge in [-0.2, -0.15) is 0 Å². The van der Waals surface area contributed by atoms with Crippen LogP contribution in [0.1, 0.15) is 18.6 Å². The second-order valence-electron chi connectivity index (χ2n) is 4.99. The van der Waals surface area contributed by atoms with Gasteiger partial charge in [0.05, 0.1) is 23.7 Å². The van der Waals surface area contributed by atoms with Gasteiger partial charge in [-0.15, -0.1) is 10.2 Å². The lowest BCUT2D eigenvalue weighted by molar-refractivity contribution is -0.119. The van der Waals surface area contributed by atoms with E-state index >= 15 is 0 Å². The third kappa shape index (κ3) is 3.69. The highest BCUT2D eigenvalue weighted by molar-refractivity contribution is 7.99. The number of hydrogen-bond donors (Lipinski definition) is 1. The fourth-order valence-corrected chi connectivity index (χ4v) is 2.79. The van der Waals surface area contributed by atoms with Gasteiger partial charge in [-0.25, -0.2) is 0 Å². The Labute approximate surface area is 131 Å². The van der Waals surface area contributed by atoms with Crippen molar-refractivity contribution in [2.75, 3.05) is 18.9 Å². The molecule has 1 amide bonds. The second-order valence-corrected chi connectivity index (χ2v) is 5.92. The minimum atomic E-state index is -0.0697. The van der Waals surface area contributed by atoms with E-state index in [2.05, 4.69) is 15.5 Å². The number of amides is 1. The van der Waals surface area contributed by atoms with E-state index in [1.807, 2.05) is 6.92 Å². The molecule has 1 fully saturated rings. The van der Waals surface area contributed by atoms with Gasteiger partial charge in [0.15, 0.2) is 0 Å². The molecule has 0 spiro atoms. The molecule has 3 rings (SSSR count). The average Bonchev–Trinajstić information content (AvgIpc) is 3.24. The number of hydrogen-bond acceptors (Lipinski definition) is 7. The van der Waals surface area contributed by atoms with E-state index < -0.39 is 0 Å². The minimum Gasteiger partial charge on any atom is -0.469 e. The van der Waals surface area contributed by atoms with Crippen LogP contribution in [0, 0.1) is 6.92 Å². The van der Waals surface area contributed by atoms with Crippen LogP contribution in [0.3, 0.4) is 0 Å². The van der Waals surface area contributed by atoms with Crippen molar-refractivity contribution in [1.29, 1.82) is 0 Å². The smallest absolute Gasteiger partial charge is 0.277 e. The van der Waals surface area contributed by atoms with E-state index in [0.717, 1.165) is 30.8 Å². The molecule has 118 valence electrons. The number of furan rings is 1. The molecular weight excluding hydrogens is 306 g/mol. The molecule has 1 N–H and O–H groups in total. The lowest BCUT2D eigenvalue weighted by Crippen LogP contribution is -2.32. The normalized spacial score (nSPS) is 17.8. The molecule has 1 saturated heterocycles. The van der Waals surface area contributed by atoms with Gasteiger partial charge >= 0.3 is 0 Å². The lowest BCUT2D eigenvalue weighted by atomic mass is 10.2. The fraction of sp³-hybridized carbons (Fsp3) is 0.500. The highest BCUT2D eigenvalue weighted by Crippen LogP contribution is 2.26. The molecule has 0 unspecified atom stereocenters. The minimum absolute atomic E-state index is 0.0697. The molecule has 0 bridgehead atoms. The standard InChI is InChI=1S/C14H17N3O4S/c1-9-11(4-6-19-9)13-16-17-14(21-13)22-8-12(18)15-7-10-3-2-5-20-10/h4,6,10H,2-3,5,7-8H2,1H3,(H,15,18)/t10-/m0/s1. The first-order chi connectivity index (χ1) is 10.7. The molecule has 1 aliphatic heterocycles. The van der Waals surface area contributed by atoms with Crippen molar-refractivity contribution in [3.05, 3.63) is 18.1 Å². The Hall–Kier alpha value is -1.80. The summed E-state index contributed by atoms with van der Waals surface area (Å²) in [5, 5.41) is 11.1. The third-order valence-corrected chi connectivity index (χ3v) is 4.19. The third-order valence-electron chi connectivity index (χ3n) is 3.37. The van der Waals surface area contributed by atoms with Crippen LogP contribution in [0.25, 0.3) is 11.5 Å². The first-order valence-electron chi connectivity index (χ1n) is 7.11. The predicted molar refractivity (Wildman–Crippen MR) is 79.4 cm³/mol. The molecular formula is C14H17N3O4S. The predicted octanol–water partition coefficient (Wildman–Crippen LogP) is 2.03. The molecule has 3 heterocycles. The summed E-state index contributed by atoms with van der Waals surface area (Å²) in [6.07, 6.45) is 3.78. The van der Waals surface area contributed by atoms with Gasteiger partial charge in [0.25, 0.3) is 11.1 Å². The van der Waals surface area contributed by atoms with Crippen molar-refractivity contribution in [1.82, 2.24) is 15.5 Å². The van der Waals surface area contributed by atoms with Crippen LogP contribution >= 0.6 is 11.8 Å². The Morgan fingerprint density at radius 2 is 2.41 bits per heavy atom. The maximum absolute atomic E-state index is 11.8. The molecule has 2 aromatic rings. The van der Waals surface area contributed by atoms with E-state index in [0.29, 0.717) is 17.7 Å². The van der Waals surface area contributed by atoms with E-state index in [1.54, 1.807) is 12.3 Å². The zero-order chi connectivity index (χ0) is 15.4. The van der Waals surface area contributed by atoms with Crippen molar-refractivity contribution in [2.45, 2.75) is 31.1 Å². The van der Waals surface area contributed by atoms with Crippen molar-refractivity contribution < 1.29 is 18.4 Å². The van der Waals surface area contributed by atoms with Crippen molar-refractivity contribution >= 4 is 17.7 Å². The number of thioether (sulfide) groups is 1. The van der Waals surface area contributed by atoms with Crippen molar-refractivity contribution in [2.24, 2.45) is 0 Å². The molecule has 0 aromatic carbocycles. The highest BCUT2D eigenvalue weighted by Gasteiger charge is 2.17. The number of aromatic nitrogens is 2. The summed E-state index contributed by atoms with van der Waals surface area (Å²) in [7, 11) is 0. The number of carbonyl (C=O) groups excluding carboxylic acids is 1. The quantitative estimate of drug-likeness (QED) is 0.813. The van der Waals surface area contributed by atoms with E-state index in [4.69, 9.17) is 13.6 Å². The van der Waals surface area contributed by atoms with E-state index in [-0.39, 0.29) is 17.8 Å². The van der Waals surface area contributed by atoms with Gasteiger partial charge in [0.2, 0.25) is 5.91 Å². The molecule has 7 nitrogen and oxygen atoms in total. The number of ether oxygens (including phenoxy) is 1. The summed E-state index contributed by atoms with van der Waals surface area (Å²) in [6.45, 7) is 3.17. The lowest BCUT2D eigenvalue weighted by Gasteiger charge is -2.09. The number of aryl methyl sites for hydroxylation is 1. The van der Waals surface area contributed by atoms with Gasteiger partial charge < -0.3 is 18.9 Å². The van der Waals surface area contributed by atoms with Gasteiger partial charge in [0, 0.05) is 13.2 Å². The largest absolute Gasteiger partial charge is 0.469 e. The summed E-state index contributed by atoms with van der Waals surface area (Å²) in [5.41, 5.74) is 0.766. The molecule has 2 aromatic heterocycles. The summed E-state index contributed by atoms with van der Waals surface area (Å²) < 4.78 is 16.2. The summed E-state index contributed by atoms with van der Waals surface area (Å²) in [4.78, 5) is 11.8. The van der Waals surface area contributed by atoms with Crippen molar-refractivity contribution in [3.8, 4) is 11.5 Å². The number of nitrogens with one attached hydrogen (secondary N) is 1. The zero-order valence-corrected chi connectivity index (χ0v) is 13.0. The Kier molecular flexibility index (Phi) is 4.79. The van der Waals surface area contributed by atoms with Crippen LogP contribution in [0.4, 0.5) is 0 Å².